The van der Waals surface area contributed by atoms with E-state index in [4.69, 9.17) is 14.0 Å². The van der Waals surface area contributed by atoms with Crippen molar-refractivity contribution in [1.29, 1.82) is 0 Å². The average molecular weight is 569 g/mol. The Morgan fingerprint density at radius 2 is 1.03 bits per heavy atom. The number of ether oxygens (including phenoxy) is 2. The van der Waals surface area contributed by atoms with E-state index in [9.17, 15) is 18.0 Å². The maximum atomic E-state index is 12.4. The second-order valence-electron chi connectivity index (χ2n) is 10.5. The van der Waals surface area contributed by atoms with Crippen LogP contribution in [0.15, 0.2) is 24.3 Å². The van der Waals surface area contributed by atoms with Crippen molar-refractivity contribution in [2.24, 2.45) is 0 Å². The molecule has 1 rings (SSSR count). The first-order chi connectivity index (χ1) is 18.8. The highest BCUT2D eigenvalue weighted by molar-refractivity contribution is 7.86. The number of unbranched alkanes of at least 4 members (excludes halogenated alkanes) is 18. The monoisotopic (exact) mass is 568 g/mol. The minimum absolute atomic E-state index is 0.00263. The lowest BCUT2D eigenvalue weighted by molar-refractivity contribution is 0.0425. The molecule has 0 amide bonds. The molecule has 0 aliphatic heterocycles. The predicted molar refractivity (Wildman–Crippen MR) is 157 cm³/mol. The SMILES string of the molecule is CCCCCCCCCCCCCCCCCCCCCOC(=O)c1ccccc1C(=O)OC(C)S(=O)(=O)O. The smallest absolute Gasteiger partial charge is 0.340 e. The number of benzene rings is 1. The van der Waals surface area contributed by atoms with Crippen molar-refractivity contribution in [3.63, 3.8) is 0 Å². The lowest BCUT2D eigenvalue weighted by Gasteiger charge is -2.12. The van der Waals surface area contributed by atoms with E-state index in [0.29, 0.717) is 0 Å². The zero-order chi connectivity index (χ0) is 28.8. The average Bonchev–Trinajstić information content (AvgIpc) is 2.91. The van der Waals surface area contributed by atoms with Crippen molar-refractivity contribution in [2.45, 2.75) is 141 Å². The van der Waals surface area contributed by atoms with Gasteiger partial charge in [-0.3, -0.25) is 4.55 Å². The van der Waals surface area contributed by atoms with E-state index in [0.717, 1.165) is 26.2 Å². The third-order valence-corrected chi connectivity index (χ3v) is 7.98. The molecular weight excluding hydrogens is 516 g/mol. The van der Waals surface area contributed by atoms with Crippen LogP contribution >= 0.6 is 0 Å². The van der Waals surface area contributed by atoms with Crippen molar-refractivity contribution in [3.8, 4) is 0 Å². The Labute approximate surface area is 237 Å². The van der Waals surface area contributed by atoms with Gasteiger partial charge in [-0.15, -0.1) is 0 Å². The van der Waals surface area contributed by atoms with Crippen molar-refractivity contribution in [2.75, 3.05) is 6.61 Å². The van der Waals surface area contributed by atoms with E-state index >= 15 is 0 Å². The van der Waals surface area contributed by atoms with Crippen LogP contribution in [0.25, 0.3) is 0 Å². The Morgan fingerprint density at radius 1 is 0.667 bits per heavy atom. The van der Waals surface area contributed by atoms with Crippen molar-refractivity contribution < 1.29 is 32.0 Å². The van der Waals surface area contributed by atoms with Crippen molar-refractivity contribution in [1.82, 2.24) is 0 Å². The van der Waals surface area contributed by atoms with Gasteiger partial charge in [-0.1, -0.05) is 135 Å². The Hall–Kier alpha value is -1.93. The highest BCUT2D eigenvalue weighted by Crippen LogP contribution is 2.16. The first-order valence-electron chi connectivity index (χ1n) is 15.2. The minimum Gasteiger partial charge on any atom is -0.462 e. The number of carbonyl (C=O) groups excluding carboxylic acids is 2. The molecule has 1 aromatic rings. The van der Waals surface area contributed by atoms with Crippen LogP contribution in [0.4, 0.5) is 0 Å². The number of hydrogen-bond acceptors (Lipinski definition) is 6. The van der Waals surface area contributed by atoms with Gasteiger partial charge >= 0.3 is 22.1 Å². The quantitative estimate of drug-likeness (QED) is 0.0755. The van der Waals surface area contributed by atoms with Crippen LogP contribution in [0.2, 0.25) is 0 Å². The molecule has 0 aliphatic carbocycles. The topological polar surface area (TPSA) is 107 Å². The first kappa shape index (κ1) is 35.1. The molecule has 1 aromatic carbocycles. The van der Waals surface area contributed by atoms with Gasteiger partial charge in [0.25, 0.3) is 0 Å². The van der Waals surface area contributed by atoms with Crippen LogP contribution in [0.5, 0.6) is 0 Å². The Balaban J connectivity index is 2.03. The summed E-state index contributed by atoms with van der Waals surface area (Å²) in [5.74, 6) is -1.68. The number of rotatable bonds is 24. The molecule has 0 aliphatic rings. The fraction of sp³-hybridized carbons (Fsp3) is 0.742. The molecule has 0 heterocycles. The second kappa shape index (κ2) is 21.8. The molecule has 1 unspecified atom stereocenters. The second-order valence-corrected chi connectivity index (χ2v) is 12.2. The molecule has 39 heavy (non-hydrogen) atoms. The summed E-state index contributed by atoms with van der Waals surface area (Å²) in [4.78, 5) is 24.7. The summed E-state index contributed by atoms with van der Waals surface area (Å²) in [5, 5.41) is 0. The normalized spacial score (nSPS) is 12.3. The molecule has 0 saturated carbocycles. The minimum atomic E-state index is -4.54. The summed E-state index contributed by atoms with van der Waals surface area (Å²) in [6.45, 7) is 3.56. The molecule has 0 aromatic heterocycles. The molecule has 1 N–H and O–H groups in total. The fourth-order valence-electron chi connectivity index (χ4n) is 4.54. The predicted octanol–water partition coefficient (Wildman–Crippen LogP) is 8.67. The third kappa shape index (κ3) is 17.4. The summed E-state index contributed by atoms with van der Waals surface area (Å²) in [7, 11) is -4.54. The van der Waals surface area contributed by atoms with Gasteiger partial charge in [-0.25, -0.2) is 9.59 Å². The van der Waals surface area contributed by atoms with Gasteiger partial charge in [-0.2, -0.15) is 8.42 Å². The molecule has 1 atom stereocenters. The van der Waals surface area contributed by atoms with E-state index < -0.39 is 27.5 Å². The van der Waals surface area contributed by atoms with Gasteiger partial charge in [0.05, 0.1) is 17.7 Å². The Morgan fingerprint density at radius 3 is 1.41 bits per heavy atom. The number of hydrogen-bond donors (Lipinski definition) is 1. The first-order valence-corrected chi connectivity index (χ1v) is 16.7. The number of esters is 2. The number of carbonyl (C=O) groups is 2. The highest BCUT2D eigenvalue weighted by atomic mass is 32.2. The molecule has 8 heteroatoms. The molecule has 0 radical (unpaired) electrons. The van der Waals surface area contributed by atoms with E-state index in [1.807, 2.05) is 0 Å². The molecule has 0 bridgehead atoms. The van der Waals surface area contributed by atoms with E-state index in [1.54, 1.807) is 6.07 Å². The lowest BCUT2D eigenvalue weighted by atomic mass is 10.0. The highest BCUT2D eigenvalue weighted by Gasteiger charge is 2.25. The molecule has 0 spiro atoms. The van der Waals surface area contributed by atoms with Gasteiger partial charge < -0.3 is 9.47 Å². The fourth-order valence-corrected chi connectivity index (χ4v) is 4.75. The molecule has 0 fully saturated rings. The van der Waals surface area contributed by atoms with E-state index in [2.05, 4.69) is 6.92 Å². The van der Waals surface area contributed by atoms with Crippen LogP contribution in [0.1, 0.15) is 157 Å². The van der Waals surface area contributed by atoms with Crippen LogP contribution in [-0.2, 0) is 19.6 Å². The maximum absolute atomic E-state index is 12.4. The lowest BCUT2D eigenvalue weighted by Crippen LogP contribution is -2.25. The zero-order valence-corrected chi connectivity index (χ0v) is 25.2. The summed E-state index contributed by atoms with van der Waals surface area (Å²) < 4.78 is 41.3. The Bertz CT molecular complexity index is 898. The summed E-state index contributed by atoms with van der Waals surface area (Å²) in [6, 6.07) is 5.89. The zero-order valence-electron chi connectivity index (χ0n) is 24.3. The third-order valence-electron chi connectivity index (χ3n) is 7.04. The van der Waals surface area contributed by atoms with E-state index in [-0.39, 0.29) is 17.7 Å². The maximum Gasteiger partial charge on any atom is 0.340 e. The van der Waals surface area contributed by atoms with Crippen molar-refractivity contribution in [3.05, 3.63) is 35.4 Å². The van der Waals surface area contributed by atoms with Gasteiger partial charge in [0, 0.05) is 0 Å². The summed E-state index contributed by atoms with van der Waals surface area (Å²) >= 11 is 0. The molecule has 0 saturated heterocycles. The van der Waals surface area contributed by atoms with Gasteiger partial charge in [0.1, 0.15) is 0 Å². The van der Waals surface area contributed by atoms with Gasteiger partial charge in [0.2, 0.25) is 5.44 Å². The van der Waals surface area contributed by atoms with Crippen LogP contribution < -0.4 is 0 Å². The van der Waals surface area contributed by atoms with Crippen LogP contribution in [0.3, 0.4) is 0 Å². The molecular formula is C31H52O7S. The van der Waals surface area contributed by atoms with Gasteiger partial charge in [0.15, 0.2) is 0 Å². The molecule has 224 valence electrons. The van der Waals surface area contributed by atoms with Gasteiger partial charge in [-0.05, 0) is 25.5 Å². The summed E-state index contributed by atoms with van der Waals surface area (Å²) in [5.41, 5.74) is -1.84. The van der Waals surface area contributed by atoms with Crippen LogP contribution in [0, 0.1) is 0 Å². The van der Waals surface area contributed by atoms with Crippen molar-refractivity contribution >= 4 is 22.1 Å². The standard InChI is InChI=1S/C31H52O7S/c1-3-4-5-6-7-8-9-10-11-12-13-14-15-16-17-18-19-20-23-26-37-30(32)28-24-21-22-25-29(28)31(33)38-27(2)39(34,35)36/h21-22,24-25,27H,3-20,23,26H2,1-2H3,(H,34,35,36). The summed E-state index contributed by atoms with van der Waals surface area (Å²) in [6.07, 6.45) is 24.5. The molecule has 7 nitrogen and oxygen atoms in total. The largest absolute Gasteiger partial charge is 0.462 e. The van der Waals surface area contributed by atoms with Crippen LogP contribution in [-0.4, -0.2) is 37.0 Å². The Kier molecular flexibility index (Phi) is 19.7. The van der Waals surface area contributed by atoms with E-state index in [1.165, 1.54) is 121 Å².